The van der Waals surface area contributed by atoms with Crippen LogP contribution in [0.3, 0.4) is 0 Å². The lowest BCUT2D eigenvalue weighted by Crippen LogP contribution is -2.70. The predicted octanol–water partition coefficient (Wildman–Crippen LogP) is 4.79. The van der Waals surface area contributed by atoms with Crippen molar-refractivity contribution in [2.45, 2.75) is 75.2 Å². The number of fused-ring (bicyclic) bond motifs is 5. The van der Waals surface area contributed by atoms with Crippen LogP contribution in [-0.4, -0.2) is 70.5 Å². The van der Waals surface area contributed by atoms with Gasteiger partial charge in [0.2, 0.25) is 5.12 Å². The van der Waals surface area contributed by atoms with Crippen molar-refractivity contribution in [3.8, 4) is 5.75 Å². The van der Waals surface area contributed by atoms with Gasteiger partial charge in [-0.2, -0.15) is 0 Å². The maximum atomic E-state index is 17.7. The lowest BCUT2D eigenvalue weighted by Gasteiger charge is -2.63. The van der Waals surface area contributed by atoms with Crippen LogP contribution in [0.15, 0.2) is 34.6 Å². The maximum Gasteiger partial charge on any atom is 0.343 e. The van der Waals surface area contributed by atoms with Crippen molar-refractivity contribution in [1.82, 2.24) is 0 Å². The number of aliphatic hydroxyl groups is 1. The molecule has 8 nitrogen and oxygen atoms in total. The van der Waals surface area contributed by atoms with Crippen molar-refractivity contribution in [3.05, 3.63) is 40.1 Å². The second-order valence-electron chi connectivity index (χ2n) is 12.8. The van der Waals surface area contributed by atoms with Crippen molar-refractivity contribution >= 4 is 45.9 Å². The molecule has 1 aromatic heterocycles. The molecule has 2 heterocycles. The number of halogens is 2. The van der Waals surface area contributed by atoms with E-state index in [1.54, 1.807) is 24.6 Å². The smallest absolute Gasteiger partial charge is 0.343 e. The largest absolute Gasteiger partial charge is 0.495 e. The Morgan fingerprint density at radius 2 is 1.93 bits per heavy atom. The minimum Gasteiger partial charge on any atom is -0.495 e. The minimum atomic E-state index is -2.36. The van der Waals surface area contributed by atoms with Gasteiger partial charge in [0.15, 0.2) is 17.1 Å². The summed E-state index contributed by atoms with van der Waals surface area (Å²) in [5.41, 5.74) is -7.06. The molecule has 1 saturated heterocycles. The second-order valence-corrected chi connectivity index (χ2v) is 14.7. The zero-order valence-electron chi connectivity index (χ0n) is 24.3. The molecule has 4 fully saturated rings. The standard InChI is InChI=1S/C31H34F2O8S2/c1-15-9-18-19-11-21(32)20-10-16(34)5-7-28(20,2)30(19,33)24(35)12-29(18,3)31(15,27(38)43-23-6-8-40-26(23)37)41-25(36)17-13-42-14-22(17)39-4/h5,7,10,13-15,18-19,21,23-24,35H,6,8-9,11-12H2,1-4H3/t15-,18+,19+,21+,23+,24+,28+,29+,30+,31+/m1/s1. The molecule has 0 aromatic carbocycles. The van der Waals surface area contributed by atoms with Gasteiger partial charge in [0.25, 0.3) is 0 Å². The van der Waals surface area contributed by atoms with Gasteiger partial charge in [-0.25, -0.2) is 13.6 Å². The van der Waals surface area contributed by atoms with E-state index in [-0.39, 0.29) is 42.8 Å². The number of aliphatic hydroxyl groups excluding tert-OH is 1. The molecule has 5 aliphatic rings. The third-order valence-corrected chi connectivity index (χ3v) is 12.9. The van der Waals surface area contributed by atoms with Crippen LogP contribution in [0, 0.1) is 28.6 Å². The number of hydrogen-bond acceptors (Lipinski definition) is 10. The van der Waals surface area contributed by atoms with Crippen LogP contribution in [-0.2, 0) is 23.9 Å². The molecule has 0 radical (unpaired) electrons. The Kier molecular flexibility index (Phi) is 7.25. The molecule has 1 aliphatic heterocycles. The lowest BCUT2D eigenvalue weighted by molar-refractivity contribution is -0.221. The molecular formula is C31H34F2O8S2. The van der Waals surface area contributed by atoms with Crippen molar-refractivity contribution < 1.29 is 47.3 Å². The van der Waals surface area contributed by atoms with E-state index in [0.29, 0.717) is 6.42 Å². The van der Waals surface area contributed by atoms with Gasteiger partial charge in [0, 0.05) is 39.8 Å². The number of carbonyl (C=O) groups excluding carboxylic acids is 4. The number of allylic oxidation sites excluding steroid dienone is 4. The van der Waals surface area contributed by atoms with Crippen molar-refractivity contribution in [2.24, 2.45) is 28.6 Å². The number of ether oxygens (including phenoxy) is 3. The summed E-state index contributed by atoms with van der Waals surface area (Å²) in [7, 11) is 1.40. The van der Waals surface area contributed by atoms with E-state index in [0.717, 1.165) is 17.8 Å². The number of ketones is 1. The van der Waals surface area contributed by atoms with Gasteiger partial charge < -0.3 is 19.3 Å². The first-order chi connectivity index (χ1) is 20.2. The normalized spacial score (nSPS) is 43.3. The van der Waals surface area contributed by atoms with Gasteiger partial charge in [0.05, 0.1) is 19.8 Å². The molecule has 1 N–H and O–H groups in total. The first kappa shape index (κ1) is 30.5. The van der Waals surface area contributed by atoms with Crippen molar-refractivity contribution in [2.75, 3.05) is 13.7 Å². The van der Waals surface area contributed by atoms with E-state index >= 15 is 8.78 Å². The molecule has 0 amide bonds. The Bertz CT molecular complexity index is 1460. The molecular weight excluding hydrogens is 602 g/mol. The van der Waals surface area contributed by atoms with Crippen LogP contribution in [0.2, 0.25) is 0 Å². The monoisotopic (exact) mass is 636 g/mol. The third kappa shape index (κ3) is 4.01. The van der Waals surface area contributed by atoms with Crippen LogP contribution < -0.4 is 4.74 Å². The first-order valence-electron chi connectivity index (χ1n) is 14.4. The average Bonchev–Trinajstić information content (AvgIpc) is 3.65. The molecule has 1 aromatic rings. The van der Waals surface area contributed by atoms with Gasteiger partial charge in [-0.05, 0) is 49.8 Å². The molecule has 0 spiro atoms. The summed E-state index contributed by atoms with van der Waals surface area (Å²) in [6.45, 7) is 5.11. The van der Waals surface area contributed by atoms with Crippen molar-refractivity contribution in [1.29, 1.82) is 0 Å². The van der Waals surface area contributed by atoms with E-state index in [9.17, 15) is 24.3 Å². The van der Waals surface area contributed by atoms with E-state index in [2.05, 4.69) is 0 Å². The number of carbonyl (C=O) groups is 4. The number of methoxy groups -OCH3 is 1. The van der Waals surface area contributed by atoms with Crippen LogP contribution in [0.4, 0.5) is 8.78 Å². The molecule has 3 saturated carbocycles. The van der Waals surface area contributed by atoms with E-state index < -0.39 is 80.2 Å². The second kappa shape index (κ2) is 10.2. The van der Waals surface area contributed by atoms with Gasteiger partial charge in [-0.15, -0.1) is 11.3 Å². The van der Waals surface area contributed by atoms with Gasteiger partial charge in [-0.1, -0.05) is 31.7 Å². The molecule has 232 valence electrons. The fraction of sp³-hybridized carbons (Fsp3) is 0.613. The Balaban J connectivity index is 1.46. The zero-order chi connectivity index (χ0) is 31.1. The van der Waals surface area contributed by atoms with Crippen molar-refractivity contribution in [3.63, 3.8) is 0 Å². The van der Waals surface area contributed by atoms with E-state index in [1.807, 2.05) is 0 Å². The number of esters is 2. The summed E-state index contributed by atoms with van der Waals surface area (Å²) in [6, 6.07) is 0. The van der Waals surface area contributed by atoms with E-state index in [4.69, 9.17) is 14.2 Å². The summed E-state index contributed by atoms with van der Waals surface area (Å²) in [5.74, 6) is -3.96. The van der Waals surface area contributed by atoms with Crippen LogP contribution in [0.25, 0.3) is 0 Å². The van der Waals surface area contributed by atoms with Gasteiger partial charge >= 0.3 is 11.9 Å². The maximum absolute atomic E-state index is 17.7. The predicted molar refractivity (Wildman–Crippen MR) is 154 cm³/mol. The molecule has 4 aliphatic carbocycles. The molecule has 0 unspecified atom stereocenters. The summed E-state index contributed by atoms with van der Waals surface area (Å²) in [6.07, 6.45) is 0.283. The first-order valence-corrected chi connectivity index (χ1v) is 16.2. The molecule has 0 bridgehead atoms. The lowest BCUT2D eigenvalue weighted by atomic mass is 9.44. The summed E-state index contributed by atoms with van der Waals surface area (Å²) >= 11 is 1.95. The van der Waals surface area contributed by atoms with Gasteiger partial charge in [0.1, 0.15) is 22.7 Å². The number of thiophene rings is 1. The molecule has 12 heteroatoms. The van der Waals surface area contributed by atoms with Gasteiger partial charge in [-0.3, -0.25) is 14.4 Å². The quantitative estimate of drug-likeness (QED) is 0.456. The Morgan fingerprint density at radius 1 is 1.19 bits per heavy atom. The molecule has 6 rings (SSSR count). The summed E-state index contributed by atoms with van der Waals surface area (Å²) in [4.78, 5) is 52.8. The topological polar surface area (TPSA) is 116 Å². The number of thioether (sulfide) groups is 1. The molecule has 10 atom stereocenters. The number of cyclic esters (lactones) is 1. The summed E-state index contributed by atoms with van der Waals surface area (Å²) in [5, 5.41) is 13.5. The third-order valence-electron chi connectivity index (χ3n) is 10.9. The Morgan fingerprint density at radius 3 is 2.60 bits per heavy atom. The fourth-order valence-corrected chi connectivity index (χ4v) is 10.9. The number of alkyl halides is 2. The minimum absolute atomic E-state index is 0.000991. The highest BCUT2D eigenvalue weighted by atomic mass is 32.2. The highest BCUT2D eigenvalue weighted by Crippen LogP contribution is 2.72. The zero-order valence-corrected chi connectivity index (χ0v) is 25.9. The van der Waals surface area contributed by atoms with Crippen LogP contribution in [0.5, 0.6) is 5.75 Å². The van der Waals surface area contributed by atoms with Crippen LogP contribution >= 0.6 is 23.1 Å². The molecule has 43 heavy (non-hydrogen) atoms. The number of rotatable bonds is 5. The SMILES string of the molecule is COc1cscc1C(=O)O[C@]1(C(=O)S[C@H]2CCOC2=O)[C@H](C)C[C@H]2[C@@H]3C[C@H](F)C4=CC(=O)C=C[C@]4(C)[C@@]3(F)[C@@H](O)C[C@@]21C. The highest BCUT2D eigenvalue weighted by Gasteiger charge is 2.78. The van der Waals surface area contributed by atoms with E-state index in [1.165, 1.54) is 37.5 Å². The van der Waals surface area contributed by atoms with Crippen LogP contribution in [0.1, 0.15) is 56.8 Å². The average molecular weight is 637 g/mol. The fourth-order valence-electron chi connectivity index (χ4n) is 8.81. The summed E-state index contributed by atoms with van der Waals surface area (Å²) < 4.78 is 50.3. The number of hydrogen-bond donors (Lipinski definition) is 1. The Hall–Kier alpha value is -2.57. The Labute approximate surface area is 256 Å². The highest BCUT2D eigenvalue weighted by molar-refractivity contribution is 8.14.